The molecule has 0 fully saturated rings. The van der Waals surface area contributed by atoms with Crippen molar-refractivity contribution < 1.29 is 4.39 Å². The Labute approximate surface area is 152 Å². The molecule has 26 heavy (non-hydrogen) atoms. The molecule has 2 aromatic carbocycles. The minimum Gasteiger partial charge on any atom is -0.352 e. The molecule has 134 valence electrons. The molecule has 0 bridgehead atoms. The van der Waals surface area contributed by atoms with Gasteiger partial charge in [0.2, 0.25) is 0 Å². The molecule has 0 saturated heterocycles. The number of hydrogen-bond donors (Lipinski definition) is 1. The molecular weight excluding hydrogens is 329 g/mol. The van der Waals surface area contributed by atoms with E-state index in [-0.39, 0.29) is 5.82 Å². The second-order valence-corrected chi connectivity index (χ2v) is 6.00. The zero-order chi connectivity index (χ0) is 18.4. The van der Waals surface area contributed by atoms with E-state index in [1.165, 1.54) is 11.6 Å². The van der Waals surface area contributed by atoms with Crippen LogP contribution in [0.1, 0.15) is 11.1 Å². The number of hydrogen-bond acceptors (Lipinski definition) is 2. The number of aliphatic imine (C=N–C) groups is 1. The number of imidazole rings is 1. The van der Waals surface area contributed by atoms with Gasteiger partial charge in [0.25, 0.3) is 0 Å². The van der Waals surface area contributed by atoms with Gasteiger partial charge in [-0.1, -0.05) is 36.4 Å². The maximum atomic E-state index is 14.3. The van der Waals surface area contributed by atoms with Crippen molar-refractivity contribution in [2.75, 3.05) is 14.1 Å². The van der Waals surface area contributed by atoms with Crippen molar-refractivity contribution in [2.24, 2.45) is 4.99 Å². The van der Waals surface area contributed by atoms with Gasteiger partial charge < -0.3 is 14.8 Å². The summed E-state index contributed by atoms with van der Waals surface area (Å²) in [7, 11) is 3.72. The van der Waals surface area contributed by atoms with Crippen molar-refractivity contribution in [1.82, 2.24) is 19.8 Å². The number of rotatable bonds is 5. The van der Waals surface area contributed by atoms with Crippen LogP contribution < -0.4 is 5.32 Å². The maximum absolute atomic E-state index is 14.3. The number of guanidine groups is 1. The van der Waals surface area contributed by atoms with E-state index in [9.17, 15) is 4.39 Å². The molecule has 5 nitrogen and oxygen atoms in total. The summed E-state index contributed by atoms with van der Waals surface area (Å²) in [5.41, 5.74) is 2.53. The zero-order valence-corrected chi connectivity index (χ0v) is 14.9. The van der Waals surface area contributed by atoms with E-state index in [4.69, 9.17) is 0 Å². The topological polar surface area (TPSA) is 45.5 Å². The first-order valence-electron chi connectivity index (χ1n) is 8.40. The highest BCUT2D eigenvalue weighted by atomic mass is 19.1. The fraction of sp³-hybridized carbons (Fsp3) is 0.200. The first-order valence-corrected chi connectivity index (χ1v) is 8.40. The van der Waals surface area contributed by atoms with Crippen molar-refractivity contribution in [3.8, 4) is 5.69 Å². The first kappa shape index (κ1) is 17.7. The molecule has 1 heterocycles. The zero-order valence-electron chi connectivity index (χ0n) is 14.9. The summed E-state index contributed by atoms with van der Waals surface area (Å²) in [6.45, 7) is 1.24. The third-order valence-electron chi connectivity index (χ3n) is 4.08. The predicted molar refractivity (Wildman–Crippen MR) is 102 cm³/mol. The summed E-state index contributed by atoms with van der Waals surface area (Å²) in [6.07, 6.45) is 4.93. The summed E-state index contributed by atoms with van der Waals surface area (Å²) < 4.78 is 16.0. The highest BCUT2D eigenvalue weighted by molar-refractivity contribution is 5.79. The number of nitrogens with one attached hydrogen (secondary N) is 1. The van der Waals surface area contributed by atoms with Gasteiger partial charge in [0.05, 0.1) is 12.0 Å². The van der Waals surface area contributed by atoms with E-state index in [2.05, 4.69) is 27.4 Å². The van der Waals surface area contributed by atoms with Crippen LogP contribution in [-0.4, -0.2) is 34.5 Å². The first-order chi connectivity index (χ1) is 12.7. The van der Waals surface area contributed by atoms with Crippen LogP contribution in [0, 0.1) is 5.82 Å². The van der Waals surface area contributed by atoms with Gasteiger partial charge in [-0.15, -0.1) is 0 Å². The van der Waals surface area contributed by atoms with Crippen LogP contribution in [0.4, 0.5) is 4.39 Å². The van der Waals surface area contributed by atoms with Crippen molar-refractivity contribution in [3.63, 3.8) is 0 Å². The molecule has 0 aliphatic rings. The van der Waals surface area contributed by atoms with Crippen LogP contribution in [0.25, 0.3) is 5.69 Å². The van der Waals surface area contributed by atoms with Crippen LogP contribution in [0.5, 0.6) is 0 Å². The molecule has 0 unspecified atom stereocenters. The number of halogens is 1. The number of benzene rings is 2. The van der Waals surface area contributed by atoms with Gasteiger partial charge in [0.15, 0.2) is 5.96 Å². The minimum absolute atomic E-state index is 0.282. The molecular formula is C20H22FN5. The summed E-state index contributed by atoms with van der Waals surface area (Å²) in [5.74, 6) is 0.475. The van der Waals surface area contributed by atoms with Crippen molar-refractivity contribution in [2.45, 2.75) is 13.1 Å². The smallest absolute Gasteiger partial charge is 0.193 e. The summed E-state index contributed by atoms with van der Waals surface area (Å²) in [4.78, 5) is 10.3. The Morgan fingerprint density at radius 3 is 2.65 bits per heavy atom. The molecule has 0 aliphatic carbocycles. The SMILES string of the molecule is CN=C(NCc1ccc(-n2ccnc2)c(F)c1)N(C)Cc1ccccc1. The average Bonchev–Trinajstić information content (AvgIpc) is 3.17. The van der Waals surface area contributed by atoms with Crippen LogP contribution in [0.3, 0.4) is 0 Å². The molecule has 1 N–H and O–H groups in total. The monoisotopic (exact) mass is 351 g/mol. The second kappa shape index (κ2) is 8.29. The Kier molecular flexibility index (Phi) is 5.63. The van der Waals surface area contributed by atoms with Crippen LogP contribution in [-0.2, 0) is 13.1 Å². The van der Waals surface area contributed by atoms with E-state index in [1.54, 1.807) is 36.4 Å². The third-order valence-corrected chi connectivity index (χ3v) is 4.08. The Balaban J connectivity index is 1.62. The Morgan fingerprint density at radius 2 is 2.00 bits per heavy atom. The van der Waals surface area contributed by atoms with Crippen molar-refractivity contribution in [1.29, 1.82) is 0 Å². The molecule has 1 aromatic heterocycles. The molecule has 0 aliphatic heterocycles. The predicted octanol–water partition coefficient (Wildman–Crippen LogP) is 3.22. The van der Waals surface area contributed by atoms with Crippen molar-refractivity contribution >= 4 is 5.96 Å². The third kappa shape index (κ3) is 4.27. The maximum Gasteiger partial charge on any atom is 0.193 e. The average molecular weight is 351 g/mol. The number of aromatic nitrogens is 2. The van der Waals surface area contributed by atoms with Crippen LogP contribution in [0.2, 0.25) is 0 Å². The standard InChI is InChI=1S/C20H22FN5/c1-22-20(25(2)14-16-6-4-3-5-7-16)24-13-17-8-9-19(18(21)12-17)26-11-10-23-15-26/h3-12,15H,13-14H2,1-2H3,(H,22,24). The normalized spacial score (nSPS) is 11.4. The quantitative estimate of drug-likeness (QED) is 0.567. The molecule has 0 radical (unpaired) electrons. The molecule has 0 saturated carbocycles. The van der Waals surface area contributed by atoms with E-state index in [1.807, 2.05) is 36.2 Å². The lowest BCUT2D eigenvalue weighted by Gasteiger charge is -2.22. The molecule has 0 amide bonds. The van der Waals surface area contributed by atoms with Gasteiger partial charge in [-0.3, -0.25) is 4.99 Å². The van der Waals surface area contributed by atoms with Gasteiger partial charge in [0.1, 0.15) is 5.82 Å². The van der Waals surface area contributed by atoms with Gasteiger partial charge in [-0.05, 0) is 23.3 Å². The van der Waals surface area contributed by atoms with Gasteiger partial charge in [-0.2, -0.15) is 0 Å². The van der Waals surface area contributed by atoms with E-state index >= 15 is 0 Å². The highest BCUT2D eigenvalue weighted by Gasteiger charge is 2.09. The fourth-order valence-corrected chi connectivity index (χ4v) is 2.77. The summed E-state index contributed by atoms with van der Waals surface area (Å²) >= 11 is 0. The van der Waals surface area contributed by atoms with Crippen LogP contribution in [0.15, 0.2) is 72.2 Å². The lowest BCUT2D eigenvalue weighted by molar-refractivity contribution is 0.476. The fourth-order valence-electron chi connectivity index (χ4n) is 2.77. The van der Waals surface area contributed by atoms with Gasteiger partial charge in [-0.25, -0.2) is 9.37 Å². The lowest BCUT2D eigenvalue weighted by Crippen LogP contribution is -2.38. The van der Waals surface area contributed by atoms with Gasteiger partial charge in [0, 0.05) is 39.6 Å². The Bertz CT molecular complexity index is 859. The molecule has 3 rings (SSSR count). The van der Waals surface area contributed by atoms with E-state index < -0.39 is 0 Å². The van der Waals surface area contributed by atoms with Crippen LogP contribution >= 0.6 is 0 Å². The molecule has 0 spiro atoms. The summed E-state index contributed by atoms with van der Waals surface area (Å²) in [6, 6.07) is 15.4. The summed E-state index contributed by atoms with van der Waals surface area (Å²) in [5, 5.41) is 3.28. The number of nitrogens with zero attached hydrogens (tertiary/aromatic N) is 4. The molecule has 6 heteroatoms. The largest absolute Gasteiger partial charge is 0.352 e. The van der Waals surface area contributed by atoms with Crippen molar-refractivity contribution in [3.05, 3.63) is 84.2 Å². The lowest BCUT2D eigenvalue weighted by atomic mass is 10.2. The van der Waals surface area contributed by atoms with E-state index in [0.717, 1.165) is 18.1 Å². The Hall–Kier alpha value is -3.15. The molecule has 3 aromatic rings. The van der Waals surface area contributed by atoms with Gasteiger partial charge >= 0.3 is 0 Å². The minimum atomic E-state index is -0.282. The second-order valence-electron chi connectivity index (χ2n) is 6.00. The highest BCUT2D eigenvalue weighted by Crippen LogP contribution is 2.15. The molecule has 0 atom stereocenters. The Morgan fingerprint density at radius 1 is 1.19 bits per heavy atom. The van der Waals surface area contributed by atoms with E-state index in [0.29, 0.717) is 12.2 Å².